The summed E-state index contributed by atoms with van der Waals surface area (Å²) in [6.45, 7) is 1.54. The number of hydrogen-bond donors (Lipinski definition) is 1. The Morgan fingerprint density at radius 2 is 1.69 bits per heavy atom. The van der Waals surface area contributed by atoms with Crippen LogP contribution in [-0.4, -0.2) is 41.8 Å². The number of nitrogens with one attached hydrogen (secondary N) is 1. The highest BCUT2D eigenvalue weighted by Gasteiger charge is 2.37. The van der Waals surface area contributed by atoms with Crippen LogP contribution in [0.15, 0.2) is 40.8 Å². The number of furan rings is 1. The van der Waals surface area contributed by atoms with Gasteiger partial charge in [0.05, 0.1) is 0 Å². The Labute approximate surface area is 153 Å². The van der Waals surface area contributed by atoms with E-state index in [0.717, 1.165) is 18.4 Å². The van der Waals surface area contributed by atoms with Gasteiger partial charge in [-0.1, -0.05) is 24.3 Å². The summed E-state index contributed by atoms with van der Waals surface area (Å²) in [5.74, 6) is 0.971. The molecule has 2 aliphatic heterocycles. The zero-order valence-corrected chi connectivity index (χ0v) is 15.2. The minimum absolute atomic E-state index is 0.0319. The summed E-state index contributed by atoms with van der Waals surface area (Å²) >= 11 is 0. The number of piperidine rings is 1. The molecule has 2 atom stereocenters. The summed E-state index contributed by atoms with van der Waals surface area (Å²) in [5, 5.41) is 3.61. The molecule has 5 nitrogen and oxygen atoms in total. The molecule has 3 heterocycles. The molecule has 0 radical (unpaired) electrons. The number of hydrogen-bond acceptors (Lipinski definition) is 4. The molecule has 2 aliphatic rings. The molecule has 0 spiro atoms. The molecule has 0 saturated carbocycles. The Morgan fingerprint density at radius 3 is 2.31 bits per heavy atom. The number of carbonyl (C=O) groups excluding carboxylic acids is 2. The highest BCUT2D eigenvalue weighted by atomic mass is 16.4. The van der Waals surface area contributed by atoms with Crippen LogP contribution in [0.2, 0.25) is 0 Å². The van der Waals surface area contributed by atoms with Gasteiger partial charge in [0.25, 0.3) is 5.91 Å². The summed E-state index contributed by atoms with van der Waals surface area (Å²) < 4.78 is 5.82. The van der Waals surface area contributed by atoms with Crippen LogP contribution in [0.5, 0.6) is 0 Å². The van der Waals surface area contributed by atoms with E-state index in [1.807, 2.05) is 30.1 Å². The van der Waals surface area contributed by atoms with Gasteiger partial charge in [0, 0.05) is 36.3 Å². The van der Waals surface area contributed by atoms with Crippen LogP contribution in [0.1, 0.15) is 53.5 Å². The van der Waals surface area contributed by atoms with E-state index in [4.69, 9.17) is 4.42 Å². The smallest absolute Gasteiger partial charge is 0.289 e. The normalized spacial score (nSPS) is 24.5. The first-order chi connectivity index (χ1) is 12.5. The zero-order chi connectivity index (χ0) is 18.3. The molecule has 4 rings (SSSR count). The Morgan fingerprint density at radius 1 is 1.04 bits per heavy atom. The van der Waals surface area contributed by atoms with Crippen molar-refractivity contribution in [3.63, 3.8) is 0 Å². The number of carbonyl (C=O) groups is 2. The fourth-order valence-electron chi connectivity index (χ4n) is 4.16. The molecule has 1 aromatic carbocycles. The third-order valence-corrected chi connectivity index (χ3v) is 5.71. The molecule has 1 N–H and O–H groups in total. The van der Waals surface area contributed by atoms with Crippen molar-refractivity contribution < 1.29 is 14.0 Å². The average Bonchev–Trinajstić information content (AvgIpc) is 3.27. The van der Waals surface area contributed by atoms with Crippen LogP contribution in [0.3, 0.4) is 0 Å². The van der Waals surface area contributed by atoms with Gasteiger partial charge in [-0.05, 0) is 44.7 Å². The van der Waals surface area contributed by atoms with Crippen LogP contribution in [0, 0.1) is 0 Å². The number of amides is 1. The van der Waals surface area contributed by atoms with Crippen LogP contribution in [0.4, 0.5) is 0 Å². The van der Waals surface area contributed by atoms with E-state index in [9.17, 15) is 9.59 Å². The summed E-state index contributed by atoms with van der Waals surface area (Å²) in [7, 11) is 1.88. The minimum atomic E-state index is -0.0668. The van der Waals surface area contributed by atoms with Crippen molar-refractivity contribution in [3.05, 3.63) is 47.7 Å². The van der Waals surface area contributed by atoms with Gasteiger partial charge in [-0.25, -0.2) is 0 Å². The third-order valence-electron chi connectivity index (χ3n) is 5.71. The van der Waals surface area contributed by atoms with Gasteiger partial charge in [0.2, 0.25) is 0 Å². The van der Waals surface area contributed by atoms with Crippen LogP contribution in [0.25, 0.3) is 11.3 Å². The summed E-state index contributed by atoms with van der Waals surface area (Å²) in [5.41, 5.74) is 1.52. The monoisotopic (exact) mass is 352 g/mol. The highest BCUT2D eigenvalue weighted by molar-refractivity contribution is 5.94. The summed E-state index contributed by atoms with van der Waals surface area (Å²) in [4.78, 5) is 26.1. The average molecular weight is 352 g/mol. The van der Waals surface area contributed by atoms with Crippen LogP contribution >= 0.6 is 0 Å². The number of Topliss-reactive ketones (excluding diaryl/α,β-unsaturated/α-hetero) is 1. The first kappa shape index (κ1) is 17.0. The molecule has 2 aromatic rings. The Hall–Kier alpha value is -2.40. The van der Waals surface area contributed by atoms with Crippen molar-refractivity contribution in [2.45, 2.75) is 50.7 Å². The third kappa shape index (κ3) is 3.19. The van der Waals surface area contributed by atoms with E-state index in [1.165, 1.54) is 12.8 Å². The molecule has 1 aromatic heterocycles. The minimum Gasteiger partial charge on any atom is -0.451 e. The number of ketones is 1. The Balaban J connectivity index is 1.48. The van der Waals surface area contributed by atoms with Gasteiger partial charge in [0.1, 0.15) is 5.76 Å². The number of fused-ring (bicyclic) bond motifs is 2. The molecule has 1 amide bonds. The molecule has 2 unspecified atom stereocenters. The molecule has 2 saturated heterocycles. The SMILES string of the molecule is CC(=O)c1ccc(-c2ccc(C(=O)N(C)C3CC4CCC(C3)N4)o2)cc1. The fourth-order valence-corrected chi connectivity index (χ4v) is 4.16. The van der Waals surface area contributed by atoms with Crippen LogP contribution in [-0.2, 0) is 0 Å². The summed E-state index contributed by atoms with van der Waals surface area (Å²) in [6, 6.07) is 12.2. The quantitative estimate of drug-likeness (QED) is 0.856. The fraction of sp³-hybridized carbons (Fsp3) is 0.429. The van der Waals surface area contributed by atoms with E-state index < -0.39 is 0 Å². The van der Waals surface area contributed by atoms with Gasteiger partial charge in [-0.2, -0.15) is 0 Å². The predicted molar refractivity (Wildman–Crippen MR) is 99.2 cm³/mol. The molecule has 136 valence electrons. The second-order valence-corrected chi connectivity index (χ2v) is 7.48. The van der Waals surface area contributed by atoms with Crippen LogP contribution < -0.4 is 5.32 Å². The largest absolute Gasteiger partial charge is 0.451 e. The van der Waals surface area contributed by atoms with E-state index in [2.05, 4.69) is 5.32 Å². The lowest BCUT2D eigenvalue weighted by atomic mass is 9.98. The zero-order valence-electron chi connectivity index (χ0n) is 15.2. The van der Waals surface area contributed by atoms with Crippen molar-refractivity contribution in [2.75, 3.05) is 7.05 Å². The van der Waals surface area contributed by atoms with E-state index in [1.54, 1.807) is 25.1 Å². The highest BCUT2D eigenvalue weighted by Crippen LogP contribution is 2.30. The van der Waals surface area contributed by atoms with Gasteiger partial charge < -0.3 is 14.6 Å². The predicted octanol–water partition coefficient (Wildman–Crippen LogP) is 3.50. The van der Waals surface area contributed by atoms with Crippen molar-refractivity contribution in [1.29, 1.82) is 0 Å². The lowest BCUT2D eigenvalue weighted by Gasteiger charge is -2.35. The molecule has 2 fully saturated rings. The topological polar surface area (TPSA) is 62.6 Å². The standard InChI is InChI=1S/C21H24N2O3/c1-13(24)14-3-5-15(6-4-14)19-9-10-20(26-19)21(25)23(2)18-11-16-7-8-17(12-18)22-16/h3-6,9-10,16-18,22H,7-8,11-12H2,1-2H3. The Kier molecular flexibility index (Phi) is 4.41. The second kappa shape index (κ2) is 6.72. The van der Waals surface area contributed by atoms with Gasteiger partial charge in [0.15, 0.2) is 11.5 Å². The van der Waals surface area contributed by atoms with Gasteiger partial charge >= 0.3 is 0 Å². The lowest BCUT2D eigenvalue weighted by Crippen LogP contribution is -2.48. The van der Waals surface area contributed by atoms with E-state index >= 15 is 0 Å². The molecule has 26 heavy (non-hydrogen) atoms. The van der Waals surface area contributed by atoms with Gasteiger partial charge in [-0.15, -0.1) is 0 Å². The van der Waals surface area contributed by atoms with Gasteiger partial charge in [-0.3, -0.25) is 9.59 Å². The molecule has 0 aliphatic carbocycles. The number of benzene rings is 1. The first-order valence-corrected chi connectivity index (χ1v) is 9.25. The first-order valence-electron chi connectivity index (χ1n) is 9.25. The maximum absolute atomic E-state index is 12.8. The molecular weight excluding hydrogens is 328 g/mol. The van der Waals surface area contributed by atoms with Crippen molar-refractivity contribution >= 4 is 11.7 Å². The maximum Gasteiger partial charge on any atom is 0.289 e. The lowest BCUT2D eigenvalue weighted by molar-refractivity contribution is 0.0650. The maximum atomic E-state index is 12.8. The molecule has 2 bridgehead atoms. The van der Waals surface area contributed by atoms with E-state index in [0.29, 0.717) is 29.2 Å². The Bertz CT molecular complexity index is 812. The number of rotatable bonds is 4. The number of nitrogens with zero attached hydrogens (tertiary/aromatic N) is 1. The summed E-state index contributed by atoms with van der Waals surface area (Å²) in [6.07, 6.45) is 4.45. The molecule has 5 heteroatoms. The second-order valence-electron chi connectivity index (χ2n) is 7.48. The van der Waals surface area contributed by atoms with E-state index in [-0.39, 0.29) is 17.7 Å². The van der Waals surface area contributed by atoms with Crippen molar-refractivity contribution in [1.82, 2.24) is 10.2 Å². The molecular formula is C21H24N2O3. The van der Waals surface area contributed by atoms with Crippen molar-refractivity contribution in [3.8, 4) is 11.3 Å². The van der Waals surface area contributed by atoms with Crippen molar-refractivity contribution in [2.24, 2.45) is 0 Å².